The van der Waals surface area contributed by atoms with Gasteiger partial charge in [-0.25, -0.2) is 4.79 Å². The number of rotatable bonds is 5. The van der Waals surface area contributed by atoms with Gasteiger partial charge in [0.25, 0.3) is 0 Å². The lowest BCUT2D eigenvalue weighted by molar-refractivity contribution is -0.897. The normalized spacial score (nSPS) is 11.7. The Bertz CT molecular complexity index is 382. The molecule has 0 saturated carbocycles. The lowest BCUT2D eigenvalue weighted by Gasteiger charge is -2.28. The number of hydrogen-bond acceptors (Lipinski definition) is 2. The molecule has 0 N–H and O–H groups in total. The number of carbonyl (C=O) groups excluding carboxylic acids is 1. The van der Waals surface area contributed by atoms with E-state index < -0.39 is 0 Å². The summed E-state index contributed by atoms with van der Waals surface area (Å²) in [7, 11) is 5.65. The summed E-state index contributed by atoms with van der Waals surface area (Å²) in [6, 6.07) is 10.3. The van der Waals surface area contributed by atoms with E-state index in [2.05, 4.69) is 31.0 Å². The van der Waals surface area contributed by atoms with Crippen molar-refractivity contribution >= 4 is 5.97 Å². The summed E-state index contributed by atoms with van der Waals surface area (Å²) < 4.78 is 5.35. The molecule has 92 valence electrons. The average Bonchev–Trinajstić information content (AvgIpc) is 2.29. The summed E-state index contributed by atoms with van der Waals surface area (Å²) in [4.78, 5) is 10.9. The van der Waals surface area contributed by atoms with Crippen molar-refractivity contribution in [3.05, 3.63) is 48.0 Å². The molecule has 0 bridgehead atoms. The van der Waals surface area contributed by atoms with E-state index in [0.717, 1.165) is 17.6 Å². The Labute approximate surface area is 103 Å². The summed E-state index contributed by atoms with van der Waals surface area (Å²) in [6.45, 7) is 1.73. The Morgan fingerprint density at radius 3 is 2.53 bits per heavy atom. The maximum atomic E-state index is 10.9. The highest BCUT2D eigenvalue weighted by molar-refractivity contribution is 5.81. The Balaban J connectivity index is 2.52. The highest BCUT2D eigenvalue weighted by Crippen LogP contribution is 2.08. The van der Waals surface area contributed by atoms with Crippen LogP contribution in [0.15, 0.2) is 42.5 Å². The van der Waals surface area contributed by atoms with E-state index in [-0.39, 0.29) is 5.97 Å². The Morgan fingerprint density at radius 1 is 1.29 bits per heavy atom. The van der Waals surface area contributed by atoms with Crippen LogP contribution in [-0.2, 0) is 16.1 Å². The monoisotopic (exact) mass is 234 g/mol. The quantitative estimate of drug-likeness (QED) is 0.442. The highest BCUT2D eigenvalue weighted by Gasteiger charge is 2.13. The van der Waals surface area contributed by atoms with Crippen LogP contribution in [0.2, 0.25) is 0 Å². The average molecular weight is 234 g/mol. The minimum Gasteiger partial charge on any atom is -0.466 e. The predicted molar refractivity (Wildman–Crippen MR) is 68.3 cm³/mol. The number of nitrogens with zero attached hydrogens (tertiary/aromatic N) is 1. The van der Waals surface area contributed by atoms with Crippen molar-refractivity contribution < 1.29 is 14.0 Å². The molecule has 17 heavy (non-hydrogen) atoms. The Morgan fingerprint density at radius 2 is 1.94 bits per heavy atom. The van der Waals surface area contributed by atoms with Gasteiger partial charge in [-0.05, 0) is 6.08 Å². The number of esters is 1. The number of likely N-dealkylation sites (N-methyl/N-ethyl adjacent to an activating group) is 1. The van der Waals surface area contributed by atoms with Crippen molar-refractivity contribution in [2.24, 2.45) is 0 Å². The molecule has 0 heterocycles. The molecule has 0 amide bonds. The van der Waals surface area contributed by atoms with Gasteiger partial charge in [-0.15, -0.1) is 0 Å². The van der Waals surface area contributed by atoms with Crippen LogP contribution in [0, 0.1) is 0 Å². The molecule has 3 heteroatoms. The van der Waals surface area contributed by atoms with E-state index in [9.17, 15) is 4.79 Å². The molecule has 1 aromatic rings. The molecule has 0 aliphatic rings. The third kappa shape index (κ3) is 5.31. The number of benzene rings is 1. The molecular weight excluding hydrogens is 214 g/mol. The molecule has 0 spiro atoms. The second kappa shape index (κ2) is 6.21. The first kappa shape index (κ1) is 13.5. The van der Waals surface area contributed by atoms with E-state index in [1.807, 2.05) is 24.3 Å². The van der Waals surface area contributed by atoms with Crippen LogP contribution < -0.4 is 0 Å². The topological polar surface area (TPSA) is 26.3 Å². The fourth-order valence-electron chi connectivity index (χ4n) is 1.64. The third-order valence-electron chi connectivity index (χ3n) is 2.51. The summed E-state index contributed by atoms with van der Waals surface area (Å²) in [5, 5.41) is 0. The largest absolute Gasteiger partial charge is 0.466 e. The summed E-state index contributed by atoms with van der Waals surface area (Å²) in [5.41, 5.74) is 1.30. The van der Waals surface area contributed by atoms with Crippen LogP contribution in [0.25, 0.3) is 0 Å². The van der Waals surface area contributed by atoms with Gasteiger partial charge in [0, 0.05) is 11.6 Å². The van der Waals surface area contributed by atoms with Gasteiger partial charge in [-0.2, -0.15) is 0 Å². The lowest BCUT2D eigenvalue weighted by Crippen LogP contribution is -2.38. The lowest BCUT2D eigenvalue weighted by atomic mass is 10.2. The van der Waals surface area contributed by atoms with Gasteiger partial charge in [-0.3, -0.25) is 0 Å². The van der Waals surface area contributed by atoms with Crippen LogP contribution in [0.4, 0.5) is 0 Å². The fourth-order valence-corrected chi connectivity index (χ4v) is 1.64. The molecular formula is C14H20NO2+. The summed E-state index contributed by atoms with van der Waals surface area (Å²) in [6.07, 6.45) is 3.33. The first-order valence-corrected chi connectivity index (χ1v) is 5.64. The number of methoxy groups -OCH3 is 1. The summed E-state index contributed by atoms with van der Waals surface area (Å²) >= 11 is 0. The van der Waals surface area contributed by atoms with Crippen LogP contribution in [0.5, 0.6) is 0 Å². The molecule has 0 unspecified atom stereocenters. The van der Waals surface area contributed by atoms with E-state index in [1.165, 1.54) is 18.7 Å². The molecule has 0 aliphatic carbocycles. The molecule has 0 aliphatic heterocycles. The molecule has 1 aromatic carbocycles. The summed E-state index contributed by atoms with van der Waals surface area (Å²) in [5.74, 6) is -0.301. The molecule has 0 aromatic heterocycles. The molecule has 3 nitrogen and oxygen atoms in total. The van der Waals surface area contributed by atoms with E-state index in [0.29, 0.717) is 0 Å². The molecule has 0 saturated heterocycles. The second-order valence-electron chi connectivity index (χ2n) is 4.69. The van der Waals surface area contributed by atoms with Gasteiger partial charge < -0.3 is 9.22 Å². The van der Waals surface area contributed by atoms with Gasteiger partial charge in [0.2, 0.25) is 0 Å². The zero-order valence-electron chi connectivity index (χ0n) is 10.7. The highest BCUT2D eigenvalue weighted by atomic mass is 16.5. The predicted octanol–water partition coefficient (Wildman–Crippen LogP) is 1.99. The van der Waals surface area contributed by atoms with Crippen molar-refractivity contribution in [2.45, 2.75) is 6.54 Å². The Hall–Kier alpha value is -1.61. The van der Waals surface area contributed by atoms with E-state index >= 15 is 0 Å². The molecule has 0 atom stereocenters. The number of hydrogen-bond donors (Lipinski definition) is 0. The SMILES string of the molecule is COC(=O)/C=C/C[N+](C)(C)Cc1ccccc1. The number of quaternary nitrogens is 1. The fraction of sp³-hybridized carbons (Fsp3) is 0.357. The van der Waals surface area contributed by atoms with Crippen molar-refractivity contribution in [1.82, 2.24) is 0 Å². The first-order valence-electron chi connectivity index (χ1n) is 5.64. The minimum atomic E-state index is -0.301. The zero-order chi connectivity index (χ0) is 12.7. The van der Waals surface area contributed by atoms with Crippen molar-refractivity contribution in [2.75, 3.05) is 27.7 Å². The van der Waals surface area contributed by atoms with Gasteiger partial charge in [0.05, 0.1) is 27.7 Å². The molecule has 1 rings (SSSR count). The maximum absolute atomic E-state index is 10.9. The number of ether oxygens (including phenoxy) is 1. The van der Waals surface area contributed by atoms with Gasteiger partial charge >= 0.3 is 5.97 Å². The van der Waals surface area contributed by atoms with Crippen LogP contribution in [0.3, 0.4) is 0 Å². The Kier molecular flexibility index (Phi) is 4.91. The second-order valence-corrected chi connectivity index (χ2v) is 4.69. The van der Waals surface area contributed by atoms with Crippen molar-refractivity contribution in [3.63, 3.8) is 0 Å². The third-order valence-corrected chi connectivity index (χ3v) is 2.51. The van der Waals surface area contributed by atoms with E-state index in [1.54, 1.807) is 0 Å². The first-order chi connectivity index (χ1) is 8.03. The van der Waals surface area contributed by atoms with Crippen LogP contribution >= 0.6 is 0 Å². The smallest absolute Gasteiger partial charge is 0.330 e. The van der Waals surface area contributed by atoms with Gasteiger partial charge in [0.15, 0.2) is 0 Å². The van der Waals surface area contributed by atoms with Gasteiger partial charge in [0.1, 0.15) is 6.54 Å². The standard InChI is InChI=1S/C14H20NO2/c1-15(2,11-7-10-14(16)17-3)12-13-8-5-4-6-9-13/h4-10H,11-12H2,1-3H3/q+1/b10-7+. The van der Waals surface area contributed by atoms with Crippen molar-refractivity contribution in [3.8, 4) is 0 Å². The van der Waals surface area contributed by atoms with E-state index in [4.69, 9.17) is 0 Å². The zero-order valence-corrected chi connectivity index (χ0v) is 10.7. The van der Waals surface area contributed by atoms with Crippen LogP contribution in [0.1, 0.15) is 5.56 Å². The molecule has 0 radical (unpaired) electrons. The number of carbonyl (C=O) groups is 1. The van der Waals surface area contributed by atoms with Gasteiger partial charge in [-0.1, -0.05) is 30.3 Å². The minimum absolute atomic E-state index is 0.301. The van der Waals surface area contributed by atoms with Crippen molar-refractivity contribution in [1.29, 1.82) is 0 Å². The maximum Gasteiger partial charge on any atom is 0.330 e. The van der Waals surface area contributed by atoms with Crippen LogP contribution in [-0.4, -0.2) is 38.2 Å². The molecule has 0 fully saturated rings.